The SMILES string of the molecule is Cc1ccc(NC(=O)CNc2ccc(Cl)cc2F)cc1C. The molecule has 0 radical (unpaired) electrons. The Kier molecular flexibility index (Phi) is 4.81. The molecule has 2 aromatic rings. The number of carbonyl (C=O) groups is 1. The van der Waals surface area contributed by atoms with E-state index in [9.17, 15) is 9.18 Å². The fraction of sp³-hybridized carbons (Fsp3) is 0.188. The number of nitrogens with one attached hydrogen (secondary N) is 2. The van der Waals surface area contributed by atoms with Crippen LogP contribution in [0.2, 0.25) is 5.02 Å². The van der Waals surface area contributed by atoms with Crippen molar-refractivity contribution < 1.29 is 9.18 Å². The molecule has 3 nitrogen and oxygen atoms in total. The summed E-state index contributed by atoms with van der Waals surface area (Å²) in [6.07, 6.45) is 0. The minimum Gasteiger partial charge on any atom is -0.374 e. The molecule has 0 aliphatic heterocycles. The Labute approximate surface area is 128 Å². The highest BCUT2D eigenvalue weighted by atomic mass is 35.5. The van der Waals surface area contributed by atoms with Gasteiger partial charge in [-0.2, -0.15) is 0 Å². The van der Waals surface area contributed by atoms with Crippen LogP contribution in [-0.2, 0) is 4.79 Å². The third kappa shape index (κ3) is 4.20. The van der Waals surface area contributed by atoms with Crippen LogP contribution in [0.1, 0.15) is 11.1 Å². The number of anilines is 2. The summed E-state index contributed by atoms with van der Waals surface area (Å²) in [5.74, 6) is -0.728. The van der Waals surface area contributed by atoms with E-state index in [0.717, 1.165) is 16.8 Å². The lowest BCUT2D eigenvalue weighted by Crippen LogP contribution is -2.22. The molecule has 0 aromatic heterocycles. The van der Waals surface area contributed by atoms with Gasteiger partial charge in [-0.1, -0.05) is 17.7 Å². The van der Waals surface area contributed by atoms with Crippen molar-refractivity contribution in [3.63, 3.8) is 0 Å². The van der Waals surface area contributed by atoms with E-state index in [4.69, 9.17) is 11.6 Å². The van der Waals surface area contributed by atoms with Crippen LogP contribution in [0.4, 0.5) is 15.8 Å². The molecular formula is C16H16ClFN2O. The molecular weight excluding hydrogens is 291 g/mol. The molecule has 0 saturated carbocycles. The first-order chi connectivity index (χ1) is 9.95. The second kappa shape index (κ2) is 6.59. The Morgan fingerprint density at radius 3 is 2.57 bits per heavy atom. The van der Waals surface area contributed by atoms with Crippen molar-refractivity contribution in [2.24, 2.45) is 0 Å². The summed E-state index contributed by atoms with van der Waals surface area (Å²) in [4.78, 5) is 11.8. The van der Waals surface area contributed by atoms with Crippen LogP contribution >= 0.6 is 11.6 Å². The zero-order chi connectivity index (χ0) is 15.4. The Hall–Kier alpha value is -2.07. The molecule has 2 aromatic carbocycles. The van der Waals surface area contributed by atoms with Crippen molar-refractivity contribution in [2.75, 3.05) is 17.2 Å². The van der Waals surface area contributed by atoms with Crippen LogP contribution in [0.15, 0.2) is 36.4 Å². The number of halogens is 2. The summed E-state index contributed by atoms with van der Waals surface area (Å²) in [7, 11) is 0. The first-order valence-electron chi connectivity index (χ1n) is 6.52. The van der Waals surface area contributed by atoms with Crippen molar-refractivity contribution in [3.8, 4) is 0 Å². The van der Waals surface area contributed by atoms with Gasteiger partial charge in [0.25, 0.3) is 0 Å². The molecule has 21 heavy (non-hydrogen) atoms. The van der Waals surface area contributed by atoms with Gasteiger partial charge in [0, 0.05) is 10.7 Å². The predicted molar refractivity (Wildman–Crippen MR) is 84.4 cm³/mol. The van der Waals surface area contributed by atoms with Crippen molar-refractivity contribution in [2.45, 2.75) is 13.8 Å². The monoisotopic (exact) mass is 306 g/mol. The molecule has 2 rings (SSSR count). The van der Waals surface area contributed by atoms with E-state index >= 15 is 0 Å². The van der Waals surface area contributed by atoms with E-state index in [1.807, 2.05) is 32.0 Å². The van der Waals surface area contributed by atoms with Crippen molar-refractivity contribution >= 4 is 28.9 Å². The molecule has 5 heteroatoms. The first-order valence-corrected chi connectivity index (χ1v) is 6.89. The highest BCUT2D eigenvalue weighted by molar-refractivity contribution is 6.30. The maximum Gasteiger partial charge on any atom is 0.243 e. The molecule has 2 N–H and O–H groups in total. The molecule has 0 aliphatic rings. The van der Waals surface area contributed by atoms with Crippen molar-refractivity contribution in [1.29, 1.82) is 0 Å². The molecule has 0 saturated heterocycles. The van der Waals surface area contributed by atoms with Gasteiger partial charge in [0.05, 0.1) is 12.2 Å². The number of rotatable bonds is 4. The quantitative estimate of drug-likeness (QED) is 0.891. The van der Waals surface area contributed by atoms with Gasteiger partial charge in [-0.25, -0.2) is 4.39 Å². The van der Waals surface area contributed by atoms with E-state index in [0.29, 0.717) is 5.02 Å². The summed E-state index contributed by atoms with van der Waals surface area (Å²) < 4.78 is 13.5. The molecule has 1 amide bonds. The predicted octanol–water partition coefficient (Wildman–Crippen LogP) is 4.15. The van der Waals surface area contributed by atoms with Gasteiger partial charge in [-0.05, 0) is 55.3 Å². The summed E-state index contributed by atoms with van der Waals surface area (Å²) in [6.45, 7) is 3.96. The summed E-state index contributed by atoms with van der Waals surface area (Å²) >= 11 is 5.67. The zero-order valence-corrected chi connectivity index (χ0v) is 12.6. The van der Waals surface area contributed by atoms with Crippen LogP contribution in [-0.4, -0.2) is 12.5 Å². The van der Waals surface area contributed by atoms with Crippen molar-refractivity contribution in [1.82, 2.24) is 0 Å². The summed E-state index contributed by atoms with van der Waals surface area (Å²) in [5, 5.41) is 5.82. The number of hydrogen-bond acceptors (Lipinski definition) is 2. The lowest BCUT2D eigenvalue weighted by Gasteiger charge is -2.10. The van der Waals surface area contributed by atoms with E-state index in [-0.39, 0.29) is 18.1 Å². The Morgan fingerprint density at radius 1 is 1.14 bits per heavy atom. The average molecular weight is 307 g/mol. The summed E-state index contributed by atoms with van der Waals surface area (Å²) in [6, 6.07) is 9.94. The highest BCUT2D eigenvalue weighted by Gasteiger charge is 2.06. The maximum absolute atomic E-state index is 13.5. The zero-order valence-electron chi connectivity index (χ0n) is 11.8. The minimum absolute atomic E-state index is 0.0223. The average Bonchev–Trinajstić information content (AvgIpc) is 2.42. The Bertz CT molecular complexity index is 673. The molecule has 110 valence electrons. The van der Waals surface area contributed by atoms with Gasteiger partial charge in [0.15, 0.2) is 0 Å². The van der Waals surface area contributed by atoms with Crippen LogP contribution in [0.3, 0.4) is 0 Å². The lowest BCUT2D eigenvalue weighted by atomic mass is 10.1. The number of hydrogen-bond donors (Lipinski definition) is 2. The maximum atomic E-state index is 13.5. The van der Waals surface area contributed by atoms with Gasteiger partial charge in [0.1, 0.15) is 5.82 Å². The molecule has 0 fully saturated rings. The van der Waals surface area contributed by atoms with Gasteiger partial charge < -0.3 is 10.6 Å². The van der Waals surface area contributed by atoms with Gasteiger partial charge in [-0.15, -0.1) is 0 Å². The lowest BCUT2D eigenvalue weighted by molar-refractivity contribution is -0.114. The fourth-order valence-corrected chi connectivity index (χ4v) is 1.99. The second-order valence-electron chi connectivity index (χ2n) is 4.82. The molecule has 0 heterocycles. The number of carbonyl (C=O) groups excluding carboxylic acids is 1. The van der Waals surface area contributed by atoms with Crippen LogP contribution in [0.5, 0.6) is 0 Å². The highest BCUT2D eigenvalue weighted by Crippen LogP contribution is 2.19. The number of aryl methyl sites for hydroxylation is 2. The van der Waals surface area contributed by atoms with E-state index in [1.165, 1.54) is 12.1 Å². The first kappa shape index (κ1) is 15.3. The third-order valence-corrected chi connectivity index (χ3v) is 3.40. The molecule has 0 bridgehead atoms. The van der Waals surface area contributed by atoms with Crippen molar-refractivity contribution in [3.05, 3.63) is 58.4 Å². The normalized spacial score (nSPS) is 10.3. The largest absolute Gasteiger partial charge is 0.374 e. The van der Waals surface area contributed by atoms with Crippen LogP contribution < -0.4 is 10.6 Å². The molecule has 0 aliphatic carbocycles. The van der Waals surface area contributed by atoms with E-state index < -0.39 is 5.82 Å². The number of amides is 1. The number of benzene rings is 2. The minimum atomic E-state index is -0.485. The molecule has 0 unspecified atom stereocenters. The van der Waals surface area contributed by atoms with Crippen LogP contribution in [0.25, 0.3) is 0 Å². The van der Waals surface area contributed by atoms with E-state index in [1.54, 1.807) is 6.07 Å². The smallest absolute Gasteiger partial charge is 0.243 e. The van der Waals surface area contributed by atoms with E-state index in [2.05, 4.69) is 10.6 Å². The third-order valence-electron chi connectivity index (χ3n) is 3.16. The fourth-order valence-electron chi connectivity index (χ4n) is 1.83. The Balaban J connectivity index is 1.94. The summed E-state index contributed by atoms with van der Waals surface area (Å²) in [5.41, 5.74) is 3.23. The topological polar surface area (TPSA) is 41.1 Å². The Morgan fingerprint density at radius 2 is 1.90 bits per heavy atom. The molecule has 0 spiro atoms. The van der Waals surface area contributed by atoms with Gasteiger partial charge in [0.2, 0.25) is 5.91 Å². The standard InChI is InChI=1S/C16H16ClFN2O/c1-10-3-5-13(7-11(10)2)20-16(21)9-19-15-6-4-12(17)8-14(15)18/h3-8,19H,9H2,1-2H3,(H,20,21). The molecule has 0 atom stereocenters. The van der Waals surface area contributed by atoms with Gasteiger partial charge in [-0.3, -0.25) is 4.79 Å². The van der Waals surface area contributed by atoms with Crippen LogP contribution in [0, 0.1) is 19.7 Å². The second-order valence-corrected chi connectivity index (χ2v) is 5.26. The van der Waals surface area contributed by atoms with Gasteiger partial charge >= 0.3 is 0 Å².